The van der Waals surface area contributed by atoms with Crippen molar-refractivity contribution < 1.29 is 18.7 Å². The second-order valence-corrected chi connectivity index (χ2v) is 4.82. The van der Waals surface area contributed by atoms with Crippen LogP contribution in [0.5, 0.6) is 11.5 Å². The molecule has 0 atom stereocenters. The van der Waals surface area contributed by atoms with Crippen LogP contribution in [-0.2, 0) is 17.6 Å². The van der Waals surface area contributed by atoms with Gasteiger partial charge in [0.05, 0.1) is 26.3 Å². The van der Waals surface area contributed by atoms with Gasteiger partial charge in [-0.1, -0.05) is 6.07 Å². The Labute approximate surface area is 129 Å². The van der Waals surface area contributed by atoms with E-state index in [2.05, 4.69) is 10.3 Å². The molecule has 0 aliphatic rings. The summed E-state index contributed by atoms with van der Waals surface area (Å²) < 4.78 is 15.5. The molecule has 0 saturated heterocycles. The first-order chi connectivity index (χ1) is 10.6. The van der Waals surface area contributed by atoms with Gasteiger partial charge in [0.15, 0.2) is 17.4 Å². The molecule has 0 radical (unpaired) electrons. The SMILES string of the molecule is COc1ccc(CCNC(=O)Cc2coc(C)n2)cc1OC. The van der Waals surface area contributed by atoms with Crippen molar-refractivity contribution in [3.05, 3.63) is 41.6 Å². The van der Waals surface area contributed by atoms with Gasteiger partial charge in [-0.15, -0.1) is 0 Å². The molecule has 1 heterocycles. The molecule has 0 unspecified atom stereocenters. The number of nitrogens with one attached hydrogen (secondary N) is 1. The Morgan fingerprint density at radius 3 is 2.68 bits per heavy atom. The van der Waals surface area contributed by atoms with Crippen molar-refractivity contribution in [1.29, 1.82) is 0 Å². The predicted octanol–water partition coefficient (Wildman–Crippen LogP) is 1.90. The number of ether oxygens (including phenoxy) is 2. The molecule has 2 aromatic rings. The van der Waals surface area contributed by atoms with Crippen LogP contribution < -0.4 is 14.8 Å². The van der Waals surface area contributed by atoms with Crippen LogP contribution in [0.25, 0.3) is 0 Å². The van der Waals surface area contributed by atoms with Crippen LogP contribution >= 0.6 is 0 Å². The third-order valence-electron chi connectivity index (χ3n) is 3.19. The molecule has 6 heteroatoms. The molecule has 1 amide bonds. The van der Waals surface area contributed by atoms with Gasteiger partial charge in [0.2, 0.25) is 5.91 Å². The number of hydrogen-bond acceptors (Lipinski definition) is 5. The van der Waals surface area contributed by atoms with E-state index in [9.17, 15) is 4.79 Å². The van der Waals surface area contributed by atoms with Crippen LogP contribution in [0.2, 0.25) is 0 Å². The predicted molar refractivity (Wildman–Crippen MR) is 81.2 cm³/mol. The maximum absolute atomic E-state index is 11.8. The van der Waals surface area contributed by atoms with E-state index in [1.54, 1.807) is 21.1 Å². The highest BCUT2D eigenvalue weighted by atomic mass is 16.5. The van der Waals surface area contributed by atoms with Gasteiger partial charge in [0, 0.05) is 13.5 Å². The summed E-state index contributed by atoms with van der Waals surface area (Å²) in [4.78, 5) is 15.9. The van der Waals surface area contributed by atoms with Gasteiger partial charge in [-0.2, -0.15) is 0 Å². The van der Waals surface area contributed by atoms with Gasteiger partial charge in [0.25, 0.3) is 0 Å². The van der Waals surface area contributed by atoms with Crippen molar-refractivity contribution in [1.82, 2.24) is 10.3 Å². The minimum absolute atomic E-state index is 0.0752. The Hall–Kier alpha value is -2.50. The smallest absolute Gasteiger partial charge is 0.226 e. The van der Waals surface area contributed by atoms with E-state index in [0.29, 0.717) is 36.0 Å². The lowest BCUT2D eigenvalue weighted by Crippen LogP contribution is -2.27. The number of carbonyl (C=O) groups is 1. The molecular weight excluding hydrogens is 284 g/mol. The number of nitrogens with zero attached hydrogens (tertiary/aromatic N) is 1. The van der Waals surface area contributed by atoms with Crippen LogP contribution in [0.15, 0.2) is 28.9 Å². The largest absolute Gasteiger partial charge is 0.493 e. The molecule has 1 aromatic carbocycles. The first-order valence-corrected chi connectivity index (χ1v) is 7.01. The van der Waals surface area contributed by atoms with Crippen LogP contribution in [-0.4, -0.2) is 31.7 Å². The molecule has 0 bridgehead atoms. The summed E-state index contributed by atoms with van der Waals surface area (Å²) in [6.45, 7) is 2.30. The lowest BCUT2D eigenvalue weighted by molar-refractivity contribution is -0.120. The minimum Gasteiger partial charge on any atom is -0.493 e. The van der Waals surface area contributed by atoms with Crippen molar-refractivity contribution in [2.45, 2.75) is 19.8 Å². The molecule has 1 N–H and O–H groups in total. The van der Waals surface area contributed by atoms with Crippen LogP contribution in [0.3, 0.4) is 0 Å². The summed E-state index contributed by atoms with van der Waals surface area (Å²) in [6, 6.07) is 5.72. The summed E-state index contributed by atoms with van der Waals surface area (Å²) in [5.74, 6) is 1.86. The molecule has 118 valence electrons. The van der Waals surface area contributed by atoms with E-state index in [0.717, 1.165) is 5.56 Å². The van der Waals surface area contributed by atoms with E-state index in [1.807, 2.05) is 18.2 Å². The number of aromatic nitrogens is 1. The van der Waals surface area contributed by atoms with E-state index in [4.69, 9.17) is 13.9 Å². The average molecular weight is 304 g/mol. The monoisotopic (exact) mass is 304 g/mol. The topological polar surface area (TPSA) is 73.6 Å². The molecule has 0 saturated carbocycles. The van der Waals surface area contributed by atoms with Crippen molar-refractivity contribution in [3.8, 4) is 11.5 Å². The van der Waals surface area contributed by atoms with Crippen LogP contribution in [0.1, 0.15) is 17.1 Å². The lowest BCUT2D eigenvalue weighted by atomic mass is 10.1. The van der Waals surface area contributed by atoms with E-state index >= 15 is 0 Å². The van der Waals surface area contributed by atoms with Gasteiger partial charge in [-0.05, 0) is 24.1 Å². The molecule has 0 aliphatic heterocycles. The Balaban J connectivity index is 1.82. The second kappa shape index (κ2) is 7.49. The summed E-state index contributed by atoms with van der Waals surface area (Å²) in [7, 11) is 3.20. The summed E-state index contributed by atoms with van der Waals surface area (Å²) >= 11 is 0. The zero-order valence-electron chi connectivity index (χ0n) is 13.0. The lowest BCUT2D eigenvalue weighted by Gasteiger charge is -2.10. The zero-order valence-corrected chi connectivity index (χ0v) is 13.0. The third kappa shape index (κ3) is 4.25. The maximum Gasteiger partial charge on any atom is 0.226 e. The molecule has 2 rings (SSSR count). The molecule has 0 fully saturated rings. The van der Waals surface area contributed by atoms with Crippen LogP contribution in [0.4, 0.5) is 0 Å². The minimum atomic E-state index is -0.0752. The van der Waals surface area contributed by atoms with Gasteiger partial charge < -0.3 is 19.2 Å². The van der Waals surface area contributed by atoms with Crippen LogP contribution in [0, 0.1) is 6.92 Å². The Morgan fingerprint density at radius 2 is 2.05 bits per heavy atom. The summed E-state index contributed by atoms with van der Waals surface area (Å²) in [5, 5.41) is 2.86. The summed E-state index contributed by atoms with van der Waals surface area (Å²) in [6.07, 6.45) is 2.44. The third-order valence-corrected chi connectivity index (χ3v) is 3.19. The quantitative estimate of drug-likeness (QED) is 0.845. The number of oxazole rings is 1. The number of aryl methyl sites for hydroxylation is 1. The summed E-state index contributed by atoms with van der Waals surface area (Å²) in [5.41, 5.74) is 1.70. The van der Waals surface area contributed by atoms with E-state index in [1.165, 1.54) is 6.26 Å². The van der Waals surface area contributed by atoms with E-state index in [-0.39, 0.29) is 12.3 Å². The van der Waals surface area contributed by atoms with Gasteiger partial charge >= 0.3 is 0 Å². The molecular formula is C16H20N2O4. The first kappa shape index (κ1) is 15.9. The molecule has 1 aromatic heterocycles. The maximum atomic E-state index is 11.8. The highest BCUT2D eigenvalue weighted by Crippen LogP contribution is 2.27. The standard InChI is InChI=1S/C16H20N2O4/c1-11-18-13(10-22-11)9-16(19)17-7-6-12-4-5-14(20-2)15(8-12)21-3/h4-5,8,10H,6-7,9H2,1-3H3,(H,17,19). The Morgan fingerprint density at radius 1 is 1.27 bits per heavy atom. The van der Waals surface area contributed by atoms with Crippen molar-refractivity contribution in [3.63, 3.8) is 0 Å². The van der Waals surface area contributed by atoms with Gasteiger partial charge in [0.1, 0.15) is 6.26 Å². The highest BCUT2D eigenvalue weighted by molar-refractivity contribution is 5.77. The van der Waals surface area contributed by atoms with Gasteiger partial charge in [-0.3, -0.25) is 4.79 Å². The van der Waals surface area contributed by atoms with Gasteiger partial charge in [-0.25, -0.2) is 4.98 Å². The number of amides is 1. The van der Waals surface area contributed by atoms with Crippen molar-refractivity contribution in [2.75, 3.05) is 20.8 Å². The number of benzene rings is 1. The number of hydrogen-bond donors (Lipinski definition) is 1. The number of carbonyl (C=O) groups excluding carboxylic acids is 1. The molecule has 0 spiro atoms. The fourth-order valence-corrected chi connectivity index (χ4v) is 2.10. The average Bonchev–Trinajstić information content (AvgIpc) is 2.92. The molecule has 22 heavy (non-hydrogen) atoms. The first-order valence-electron chi connectivity index (χ1n) is 7.01. The molecule has 6 nitrogen and oxygen atoms in total. The normalized spacial score (nSPS) is 10.3. The fourth-order valence-electron chi connectivity index (χ4n) is 2.10. The Kier molecular flexibility index (Phi) is 5.41. The Bertz CT molecular complexity index is 637. The van der Waals surface area contributed by atoms with E-state index < -0.39 is 0 Å². The number of rotatable bonds is 7. The zero-order chi connectivity index (χ0) is 15.9. The molecule has 0 aliphatic carbocycles. The highest BCUT2D eigenvalue weighted by Gasteiger charge is 2.08. The fraction of sp³-hybridized carbons (Fsp3) is 0.375. The second-order valence-electron chi connectivity index (χ2n) is 4.82. The van der Waals surface area contributed by atoms with Crippen molar-refractivity contribution >= 4 is 5.91 Å². The van der Waals surface area contributed by atoms with Crippen molar-refractivity contribution in [2.24, 2.45) is 0 Å². The number of methoxy groups -OCH3 is 2.